The van der Waals surface area contributed by atoms with Gasteiger partial charge in [0.15, 0.2) is 0 Å². The molecule has 0 bridgehead atoms. The second kappa shape index (κ2) is 21.9. The number of nitrogens with zero attached hydrogens (tertiary/aromatic N) is 1. The first-order valence-corrected chi connectivity index (χ1v) is 21.2. The molecule has 0 radical (unpaired) electrons. The quantitative estimate of drug-likeness (QED) is 0.0370. The molecule has 4 aromatic rings. The maximum absolute atomic E-state index is 13.8. The highest BCUT2D eigenvalue weighted by Gasteiger charge is 2.27. The number of carbonyl (C=O) groups is 5. The molecule has 4 amide bonds. The average molecular weight is 866 g/mol. The van der Waals surface area contributed by atoms with E-state index in [2.05, 4.69) is 38.4 Å². The molecule has 15 nitrogen and oxygen atoms in total. The SMILES string of the molecule is COC(=O)[C@@H]1C/C=C/COc2ccc3ccccc3c2-c2c(ccc3ccccc23)OCCCC(=O)N[C@H](CCCCN=C(NC(=O)OC(C)(C)C)NC(=O)OC(C)(C)C)C(=O)N1. The fourth-order valence-electron chi connectivity index (χ4n) is 6.84. The number of hydrogen-bond acceptors (Lipinski definition) is 11. The van der Waals surface area contributed by atoms with Crippen LogP contribution in [0.25, 0.3) is 32.7 Å². The molecule has 4 aromatic carbocycles. The maximum atomic E-state index is 13.8. The molecular weight excluding hydrogens is 807 g/mol. The molecule has 0 saturated carbocycles. The molecule has 1 aliphatic rings. The van der Waals surface area contributed by atoms with Crippen LogP contribution in [0, 0.1) is 0 Å². The van der Waals surface area contributed by atoms with E-state index in [1.165, 1.54) is 7.11 Å². The summed E-state index contributed by atoms with van der Waals surface area (Å²) in [7, 11) is 1.24. The summed E-state index contributed by atoms with van der Waals surface area (Å²) in [5.74, 6) is -0.502. The monoisotopic (exact) mass is 865 g/mol. The van der Waals surface area contributed by atoms with Crippen molar-refractivity contribution in [1.29, 1.82) is 0 Å². The summed E-state index contributed by atoms with van der Waals surface area (Å²) in [4.78, 5) is 69.6. The van der Waals surface area contributed by atoms with Gasteiger partial charge in [-0.2, -0.15) is 0 Å². The van der Waals surface area contributed by atoms with Crippen LogP contribution in [0.1, 0.15) is 80.1 Å². The Labute approximate surface area is 368 Å². The van der Waals surface area contributed by atoms with Gasteiger partial charge < -0.3 is 34.3 Å². The van der Waals surface area contributed by atoms with E-state index in [0.29, 0.717) is 30.8 Å². The second-order valence-corrected chi connectivity index (χ2v) is 17.0. The standard InChI is InChI=1S/C48H59N5O10/c1-47(2,3)62-45(57)52-44(53-46(58)63-48(4,5)6)49-28-14-12-21-35-42(55)51-36(43(56)59-7)22-13-15-29-60-37-26-24-31-17-8-10-19-33(31)40(37)41-34-20-11-9-18-32(34)25-27-38(41)61-30-16-23-39(54)50-35/h8-11,13,15,17-20,24-27,35-36H,12,14,16,21-23,28-30H2,1-7H3,(H,50,54)(H,51,55)(H2,49,52,53,57,58)/b15-13+/t35-,36+/m1/s1. The zero-order chi connectivity index (χ0) is 45.6. The molecule has 0 fully saturated rings. The van der Waals surface area contributed by atoms with E-state index in [1.807, 2.05) is 60.7 Å². The van der Waals surface area contributed by atoms with E-state index >= 15 is 0 Å². The van der Waals surface area contributed by atoms with Gasteiger partial charge >= 0.3 is 18.2 Å². The van der Waals surface area contributed by atoms with Crippen LogP contribution in [0.4, 0.5) is 9.59 Å². The molecule has 336 valence electrons. The number of nitrogens with one attached hydrogen (secondary N) is 4. The summed E-state index contributed by atoms with van der Waals surface area (Å²) < 4.78 is 28.6. The molecule has 0 unspecified atom stereocenters. The molecule has 5 rings (SSSR count). The van der Waals surface area contributed by atoms with Gasteiger partial charge in [-0.25, -0.2) is 14.4 Å². The first-order chi connectivity index (χ1) is 30.0. The largest absolute Gasteiger partial charge is 0.493 e. The number of amides is 4. The number of carbonyl (C=O) groups excluding carboxylic acids is 5. The van der Waals surface area contributed by atoms with Crippen molar-refractivity contribution in [2.24, 2.45) is 4.99 Å². The third-order valence-electron chi connectivity index (χ3n) is 9.57. The van der Waals surface area contributed by atoms with Crippen LogP contribution in [0.2, 0.25) is 0 Å². The van der Waals surface area contributed by atoms with Gasteiger partial charge in [0.25, 0.3) is 0 Å². The number of guanidine groups is 1. The van der Waals surface area contributed by atoms with Crippen molar-refractivity contribution in [3.8, 4) is 22.6 Å². The second-order valence-electron chi connectivity index (χ2n) is 17.0. The highest BCUT2D eigenvalue weighted by atomic mass is 16.6. The number of ether oxygens (including phenoxy) is 5. The minimum atomic E-state index is -1.05. The molecule has 1 aliphatic heterocycles. The van der Waals surface area contributed by atoms with Gasteiger partial charge in [0.05, 0.1) is 13.7 Å². The smallest absolute Gasteiger partial charge is 0.414 e. The number of fused-ring (bicyclic) bond motifs is 7. The highest BCUT2D eigenvalue weighted by Crippen LogP contribution is 2.45. The summed E-state index contributed by atoms with van der Waals surface area (Å²) in [6.07, 6.45) is 3.31. The zero-order valence-electron chi connectivity index (χ0n) is 37.1. The van der Waals surface area contributed by atoms with E-state index < -0.39 is 47.3 Å². The van der Waals surface area contributed by atoms with Crippen LogP contribution < -0.4 is 30.7 Å². The van der Waals surface area contributed by atoms with Crippen LogP contribution in [0.3, 0.4) is 0 Å². The normalized spacial score (nSPS) is 17.0. The van der Waals surface area contributed by atoms with E-state index in [0.717, 1.165) is 32.7 Å². The van der Waals surface area contributed by atoms with Crippen molar-refractivity contribution < 1.29 is 47.7 Å². The van der Waals surface area contributed by atoms with Crippen molar-refractivity contribution in [3.05, 3.63) is 84.9 Å². The molecule has 0 aliphatic carbocycles. The molecule has 63 heavy (non-hydrogen) atoms. The summed E-state index contributed by atoms with van der Waals surface area (Å²) in [6, 6.07) is 22.0. The Balaban J connectivity index is 1.36. The van der Waals surface area contributed by atoms with Crippen LogP contribution in [0.5, 0.6) is 11.5 Å². The minimum absolute atomic E-state index is 0.0544. The molecule has 1 heterocycles. The van der Waals surface area contributed by atoms with Crippen LogP contribution >= 0.6 is 0 Å². The lowest BCUT2D eigenvalue weighted by molar-refractivity contribution is -0.145. The van der Waals surface area contributed by atoms with Gasteiger partial charge in [0.2, 0.25) is 17.8 Å². The van der Waals surface area contributed by atoms with Crippen molar-refractivity contribution in [3.63, 3.8) is 0 Å². The van der Waals surface area contributed by atoms with E-state index in [-0.39, 0.29) is 50.9 Å². The fraction of sp³-hybridized carbons (Fsp3) is 0.417. The van der Waals surface area contributed by atoms with Gasteiger partial charge in [-0.3, -0.25) is 25.2 Å². The molecule has 4 N–H and O–H groups in total. The first kappa shape index (κ1) is 47.4. The molecule has 0 spiro atoms. The van der Waals surface area contributed by atoms with Crippen LogP contribution in [-0.4, -0.2) is 86.1 Å². The summed E-state index contributed by atoms with van der Waals surface area (Å²) >= 11 is 0. The maximum Gasteiger partial charge on any atom is 0.414 e. The number of alkyl carbamates (subject to hydrolysis) is 2. The molecular formula is C48H59N5O10. The number of methoxy groups -OCH3 is 1. The van der Waals surface area contributed by atoms with E-state index in [9.17, 15) is 24.0 Å². The average Bonchev–Trinajstić information content (AvgIpc) is 3.21. The summed E-state index contributed by atoms with van der Waals surface area (Å²) in [5, 5.41) is 14.5. The first-order valence-electron chi connectivity index (χ1n) is 21.2. The van der Waals surface area contributed by atoms with Gasteiger partial charge in [-0.05, 0) is 107 Å². The third-order valence-corrected chi connectivity index (χ3v) is 9.57. The van der Waals surface area contributed by atoms with Crippen molar-refractivity contribution >= 4 is 57.5 Å². The molecule has 15 heteroatoms. The predicted octanol–water partition coefficient (Wildman–Crippen LogP) is 7.88. The predicted molar refractivity (Wildman–Crippen MR) is 242 cm³/mol. The van der Waals surface area contributed by atoms with Gasteiger partial charge in [0, 0.05) is 24.1 Å². The van der Waals surface area contributed by atoms with Gasteiger partial charge in [-0.15, -0.1) is 0 Å². The zero-order valence-corrected chi connectivity index (χ0v) is 37.1. The van der Waals surface area contributed by atoms with Crippen molar-refractivity contribution in [2.75, 3.05) is 26.9 Å². The Bertz CT molecular complexity index is 2300. The Morgan fingerprint density at radius 3 is 1.89 bits per heavy atom. The number of hydrogen-bond donors (Lipinski definition) is 4. The molecule has 0 saturated heterocycles. The Kier molecular flexibility index (Phi) is 16.5. The van der Waals surface area contributed by atoms with Crippen molar-refractivity contribution in [1.82, 2.24) is 21.3 Å². The number of benzene rings is 4. The molecule has 0 aromatic heterocycles. The number of esters is 1. The van der Waals surface area contributed by atoms with Crippen molar-refractivity contribution in [2.45, 2.75) is 103 Å². The van der Waals surface area contributed by atoms with Crippen LogP contribution in [-0.2, 0) is 28.6 Å². The van der Waals surface area contributed by atoms with E-state index in [4.69, 9.17) is 23.7 Å². The topological polar surface area (TPSA) is 192 Å². The Morgan fingerprint density at radius 2 is 1.32 bits per heavy atom. The lowest BCUT2D eigenvalue weighted by Crippen LogP contribution is -2.51. The van der Waals surface area contributed by atoms with E-state index in [1.54, 1.807) is 53.7 Å². The number of rotatable bonds is 6. The van der Waals surface area contributed by atoms with Gasteiger partial charge in [-0.1, -0.05) is 72.8 Å². The Hall–Kier alpha value is -6.64. The third kappa shape index (κ3) is 14.5. The van der Waals surface area contributed by atoms with Crippen LogP contribution in [0.15, 0.2) is 89.9 Å². The molecule has 2 atom stereocenters. The lowest BCUT2D eigenvalue weighted by Gasteiger charge is -2.22. The lowest BCUT2D eigenvalue weighted by atomic mass is 9.92. The highest BCUT2D eigenvalue weighted by molar-refractivity contribution is 6.10. The summed E-state index contributed by atoms with van der Waals surface area (Å²) in [5.41, 5.74) is 0.127. The minimum Gasteiger partial charge on any atom is -0.493 e. The Morgan fingerprint density at radius 1 is 0.746 bits per heavy atom. The fourth-order valence-corrected chi connectivity index (χ4v) is 6.84. The summed E-state index contributed by atoms with van der Waals surface area (Å²) in [6.45, 7) is 10.7. The number of unbranched alkanes of at least 4 members (excludes halogenated alkanes) is 1. The number of aliphatic imine (C=N–C) groups is 1. The van der Waals surface area contributed by atoms with Gasteiger partial charge in [0.1, 0.15) is 41.4 Å².